The monoisotopic (exact) mass is 197 g/mol. The first-order chi connectivity index (χ1) is 6.55. The van der Waals surface area contributed by atoms with Crippen LogP contribution in [0.3, 0.4) is 0 Å². The summed E-state index contributed by atoms with van der Waals surface area (Å²) in [6.07, 6.45) is 1.89. The lowest BCUT2D eigenvalue weighted by Crippen LogP contribution is -2.67. The second-order valence-corrected chi connectivity index (χ2v) is 4.29. The van der Waals surface area contributed by atoms with E-state index >= 15 is 0 Å². The van der Waals surface area contributed by atoms with Gasteiger partial charge in [0, 0.05) is 20.0 Å². The van der Waals surface area contributed by atoms with Crippen LogP contribution in [-0.4, -0.2) is 41.4 Å². The highest BCUT2D eigenvalue weighted by molar-refractivity contribution is 5.97. The number of hydrazine groups is 1. The van der Waals surface area contributed by atoms with Gasteiger partial charge in [-0.15, -0.1) is 0 Å². The van der Waals surface area contributed by atoms with Crippen molar-refractivity contribution < 1.29 is 9.59 Å². The molecule has 14 heavy (non-hydrogen) atoms. The standard InChI is InChI=1S/C9H15N3O2/c1-7(13)12(10)8(14)9-3-2-4-11(5-9)6-9/h2-6,10H2,1H3. The molecule has 5 nitrogen and oxygen atoms in total. The molecule has 0 saturated carbocycles. The highest BCUT2D eigenvalue weighted by Gasteiger charge is 2.53. The number of hydrogen-bond acceptors (Lipinski definition) is 4. The minimum Gasteiger partial charge on any atom is -0.301 e. The van der Waals surface area contributed by atoms with Crippen LogP contribution in [0.1, 0.15) is 19.8 Å². The fourth-order valence-electron chi connectivity index (χ4n) is 2.41. The molecule has 2 bridgehead atoms. The lowest BCUT2D eigenvalue weighted by molar-refractivity contribution is -0.164. The van der Waals surface area contributed by atoms with E-state index in [-0.39, 0.29) is 17.2 Å². The molecule has 0 aromatic heterocycles. The molecule has 3 aliphatic rings. The Bertz CT molecular complexity index is 278. The predicted molar refractivity (Wildman–Crippen MR) is 49.8 cm³/mol. The van der Waals surface area contributed by atoms with Crippen LogP contribution in [-0.2, 0) is 9.59 Å². The smallest absolute Gasteiger partial charge is 0.252 e. The molecule has 3 heterocycles. The van der Waals surface area contributed by atoms with E-state index in [1.807, 2.05) is 0 Å². The maximum Gasteiger partial charge on any atom is 0.252 e. The SMILES string of the molecule is CC(=O)N(N)C(=O)C12CCCN(C1)C2. The number of fused-ring (bicyclic) bond motifs is 2. The number of rotatable bonds is 1. The van der Waals surface area contributed by atoms with Crippen LogP contribution in [0.4, 0.5) is 0 Å². The van der Waals surface area contributed by atoms with E-state index < -0.39 is 0 Å². The number of piperidine rings is 2. The van der Waals surface area contributed by atoms with Crippen LogP contribution in [0.5, 0.6) is 0 Å². The summed E-state index contributed by atoms with van der Waals surface area (Å²) >= 11 is 0. The minimum atomic E-state index is -0.381. The Morgan fingerprint density at radius 1 is 1.43 bits per heavy atom. The normalized spacial score (nSPS) is 34.6. The number of imide groups is 1. The topological polar surface area (TPSA) is 66.6 Å². The summed E-state index contributed by atoms with van der Waals surface area (Å²) in [7, 11) is 0. The van der Waals surface area contributed by atoms with Gasteiger partial charge in [0.2, 0.25) is 5.91 Å². The maximum absolute atomic E-state index is 11.9. The van der Waals surface area contributed by atoms with E-state index in [2.05, 4.69) is 4.90 Å². The maximum atomic E-state index is 11.9. The Labute approximate surface area is 82.8 Å². The van der Waals surface area contributed by atoms with Crippen LogP contribution >= 0.6 is 0 Å². The molecule has 3 rings (SSSR count). The Balaban J connectivity index is 2.08. The second kappa shape index (κ2) is 3.03. The number of hydrogen-bond donors (Lipinski definition) is 1. The summed E-state index contributed by atoms with van der Waals surface area (Å²) in [5.74, 6) is 4.83. The highest BCUT2D eigenvalue weighted by Crippen LogP contribution is 2.40. The van der Waals surface area contributed by atoms with Crippen molar-refractivity contribution in [3.63, 3.8) is 0 Å². The molecule has 0 aromatic carbocycles. The van der Waals surface area contributed by atoms with Gasteiger partial charge in [0.15, 0.2) is 0 Å². The fourth-order valence-corrected chi connectivity index (χ4v) is 2.41. The van der Waals surface area contributed by atoms with Gasteiger partial charge in [-0.05, 0) is 19.4 Å². The first-order valence-corrected chi connectivity index (χ1v) is 4.87. The van der Waals surface area contributed by atoms with Crippen LogP contribution < -0.4 is 5.84 Å². The molecule has 2 amide bonds. The number of carbonyl (C=O) groups is 2. The lowest BCUT2D eigenvalue weighted by Gasteiger charge is -2.53. The molecule has 3 aliphatic heterocycles. The third kappa shape index (κ3) is 1.24. The molecule has 0 radical (unpaired) electrons. The van der Waals surface area contributed by atoms with E-state index in [1.54, 1.807) is 0 Å². The predicted octanol–water partition coefficient (Wildman–Crippen LogP) is -0.669. The van der Waals surface area contributed by atoms with Crippen molar-refractivity contribution in [2.45, 2.75) is 19.8 Å². The zero-order valence-electron chi connectivity index (χ0n) is 8.32. The second-order valence-electron chi connectivity index (χ2n) is 4.29. The van der Waals surface area contributed by atoms with Crippen molar-refractivity contribution in [2.75, 3.05) is 19.6 Å². The van der Waals surface area contributed by atoms with E-state index in [0.29, 0.717) is 0 Å². The van der Waals surface area contributed by atoms with Crippen LogP contribution in [0.25, 0.3) is 0 Å². The molecule has 0 aromatic rings. The average molecular weight is 197 g/mol. The van der Waals surface area contributed by atoms with Gasteiger partial charge in [-0.2, -0.15) is 0 Å². The van der Waals surface area contributed by atoms with Crippen molar-refractivity contribution in [2.24, 2.45) is 11.3 Å². The van der Waals surface area contributed by atoms with Crippen LogP contribution in [0, 0.1) is 5.41 Å². The summed E-state index contributed by atoms with van der Waals surface area (Å²) in [6, 6.07) is 0. The van der Waals surface area contributed by atoms with Crippen LogP contribution in [0.15, 0.2) is 0 Å². The van der Waals surface area contributed by atoms with Gasteiger partial charge in [0.1, 0.15) is 0 Å². The van der Waals surface area contributed by atoms with Crippen molar-refractivity contribution in [3.05, 3.63) is 0 Å². The third-order valence-electron chi connectivity index (χ3n) is 3.19. The molecule has 0 spiro atoms. The summed E-state index contributed by atoms with van der Waals surface area (Å²) in [6.45, 7) is 3.92. The van der Waals surface area contributed by atoms with Gasteiger partial charge in [0.25, 0.3) is 5.91 Å². The number of nitrogens with two attached hydrogens (primary N) is 1. The summed E-state index contributed by atoms with van der Waals surface area (Å²) < 4.78 is 0. The van der Waals surface area contributed by atoms with Crippen molar-refractivity contribution in [3.8, 4) is 0 Å². The van der Waals surface area contributed by atoms with E-state index in [9.17, 15) is 9.59 Å². The average Bonchev–Trinajstić information content (AvgIpc) is 2.15. The van der Waals surface area contributed by atoms with Gasteiger partial charge in [-0.3, -0.25) is 9.59 Å². The lowest BCUT2D eigenvalue weighted by atomic mass is 9.71. The number of nitrogens with zero attached hydrogens (tertiary/aromatic N) is 2. The fraction of sp³-hybridized carbons (Fsp3) is 0.778. The summed E-state index contributed by atoms with van der Waals surface area (Å²) in [4.78, 5) is 25.0. The van der Waals surface area contributed by atoms with Crippen LogP contribution in [0.2, 0.25) is 0 Å². The molecule has 3 saturated heterocycles. The minimum absolute atomic E-state index is 0.207. The zero-order valence-corrected chi connectivity index (χ0v) is 8.32. The third-order valence-corrected chi connectivity index (χ3v) is 3.19. The summed E-state index contributed by atoms with van der Waals surface area (Å²) in [5.41, 5.74) is -0.349. The molecule has 0 unspecified atom stereocenters. The van der Waals surface area contributed by atoms with Gasteiger partial charge >= 0.3 is 0 Å². The van der Waals surface area contributed by atoms with E-state index in [4.69, 9.17) is 5.84 Å². The largest absolute Gasteiger partial charge is 0.301 e. The Kier molecular flexibility index (Phi) is 2.08. The molecule has 0 atom stereocenters. The molecule has 0 aliphatic carbocycles. The van der Waals surface area contributed by atoms with Gasteiger partial charge in [-0.1, -0.05) is 0 Å². The Hall–Kier alpha value is -0.940. The van der Waals surface area contributed by atoms with E-state index in [0.717, 1.165) is 37.5 Å². The molecule has 2 N–H and O–H groups in total. The highest BCUT2D eigenvalue weighted by atomic mass is 16.2. The first-order valence-electron chi connectivity index (χ1n) is 4.87. The molecule has 3 fully saturated rings. The molecular weight excluding hydrogens is 182 g/mol. The molecule has 5 heteroatoms. The zero-order chi connectivity index (χ0) is 10.3. The molecular formula is C9H15N3O2. The van der Waals surface area contributed by atoms with Crippen molar-refractivity contribution >= 4 is 11.8 Å². The van der Waals surface area contributed by atoms with Gasteiger partial charge < -0.3 is 4.90 Å². The van der Waals surface area contributed by atoms with Crippen molar-refractivity contribution in [1.82, 2.24) is 9.91 Å². The van der Waals surface area contributed by atoms with Gasteiger partial charge in [-0.25, -0.2) is 10.9 Å². The molecule has 78 valence electrons. The summed E-state index contributed by atoms with van der Waals surface area (Å²) in [5, 5.41) is 0.767. The van der Waals surface area contributed by atoms with E-state index in [1.165, 1.54) is 6.92 Å². The Morgan fingerprint density at radius 2 is 2.07 bits per heavy atom. The number of amides is 2. The Morgan fingerprint density at radius 3 is 2.50 bits per heavy atom. The van der Waals surface area contributed by atoms with Gasteiger partial charge in [0.05, 0.1) is 5.41 Å². The van der Waals surface area contributed by atoms with Crippen molar-refractivity contribution in [1.29, 1.82) is 0 Å². The quantitative estimate of drug-likeness (QED) is 0.344. The first kappa shape index (κ1) is 9.61. The number of carbonyl (C=O) groups excluding carboxylic acids is 2.